The third-order valence-corrected chi connectivity index (χ3v) is 3.60. The molecule has 2 aliphatic heterocycles. The first-order valence-electron chi connectivity index (χ1n) is 6.62. The van der Waals surface area contributed by atoms with Crippen molar-refractivity contribution in [2.45, 2.75) is 25.3 Å². The third kappa shape index (κ3) is 2.13. The van der Waals surface area contributed by atoms with Gasteiger partial charge in [0.05, 0.1) is 6.61 Å². The van der Waals surface area contributed by atoms with Gasteiger partial charge < -0.3 is 5.32 Å². The van der Waals surface area contributed by atoms with Gasteiger partial charge in [-0.1, -0.05) is 24.3 Å². The summed E-state index contributed by atoms with van der Waals surface area (Å²) in [7, 11) is 0. The highest BCUT2D eigenvalue weighted by Crippen LogP contribution is 2.25. The van der Waals surface area contributed by atoms with Gasteiger partial charge in [-0.2, -0.15) is 0 Å². The Hall–Kier alpha value is -1.39. The molecule has 1 aromatic rings. The average molecular weight is 246 g/mol. The highest BCUT2D eigenvalue weighted by atomic mass is 16.7. The summed E-state index contributed by atoms with van der Waals surface area (Å²) in [5.74, 6) is 0.0434. The van der Waals surface area contributed by atoms with Gasteiger partial charge in [-0.25, -0.2) is 5.06 Å². The van der Waals surface area contributed by atoms with Crippen LogP contribution in [0.25, 0.3) is 0 Å². The molecule has 18 heavy (non-hydrogen) atoms. The van der Waals surface area contributed by atoms with Crippen LogP contribution in [0, 0.1) is 0 Å². The van der Waals surface area contributed by atoms with Crippen LogP contribution in [0.1, 0.15) is 30.0 Å². The molecule has 2 heterocycles. The first-order valence-corrected chi connectivity index (χ1v) is 6.62. The molecule has 0 spiro atoms. The Morgan fingerprint density at radius 1 is 1.33 bits per heavy atom. The van der Waals surface area contributed by atoms with Gasteiger partial charge in [0.1, 0.15) is 6.04 Å². The van der Waals surface area contributed by atoms with E-state index in [-0.39, 0.29) is 11.9 Å². The number of nitrogens with zero attached hydrogens (tertiary/aromatic N) is 1. The van der Waals surface area contributed by atoms with Crippen LogP contribution >= 0.6 is 0 Å². The number of fused-ring (bicyclic) bond motifs is 1. The minimum Gasteiger partial charge on any atom is -0.302 e. The number of amides is 1. The lowest BCUT2D eigenvalue weighted by Gasteiger charge is -2.32. The van der Waals surface area contributed by atoms with Crippen molar-refractivity contribution in [2.24, 2.45) is 0 Å². The van der Waals surface area contributed by atoms with Crippen molar-refractivity contribution in [3.63, 3.8) is 0 Å². The number of nitrogens with one attached hydrogen (secondary N) is 1. The molecule has 0 bridgehead atoms. The van der Waals surface area contributed by atoms with E-state index in [2.05, 4.69) is 11.4 Å². The summed E-state index contributed by atoms with van der Waals surface area (Å²) in [5, 5.41) is 4.83. The molecule has 1 N–H and O–H groups in total. The number of hydroxylamine groups is 2. The van der Waals surface area contributed by atoms with E-state index >= 15 is 0 Å². The van der Waals surface area contributed by atoms with Gasteiger partial charge in [-0.05, 0) is 30.4 Å². The van der Waals surface area contributed by atoms with Gasteiger partial charge in [-0.3, -0.25) is 9.63 Å². The molecule has 1 saturated heterocycles. The Kier molecular flexibility index (Phi) is 3.30. The van der Waals surface area contributed by atoms with E-state index in [1.165, 1.54) is 10.6 Å². The Morgan fingerprint density at radius 3 is 3.06 bits per heavy atom. The molecular weight excluding hydrogens is 228 g/mol. The molecule has 96 valence electrons. The lowest BCUT2D eigenvalue weighted by Crippen LogP contribution is -2.45. The second-order valence-electron chi connectivity index (χ2n) is 4.82. The van der Waals surface area contributed by atoms with E-state index in [4.69, 9.17) is 4.84 Å². The first kappa shape index (κ1) is 11.7. The molecular formula is C14H18N2O2. The molecule has 0 aliphatic carbocycles. The van der Waals surface area contributed by atoms with Gasteiger partial charge in [0.25, 0.3) is 5.91 Å². The lowest BCUT2D eigenvalue weighted by atomic mass is 9.94. The first-order chi connectivity index (χ1) is 8.86. The fraction of sp³-hybridized carbons (Fsp3) is 0.500. The third-order valence-electron chi connectivity index (χ3n) is 3.60. The predicted octanol–water partition coefficient (Wildman–Crippen LogP) is 1.43. The average Bonchev–Trinajstić information content (AvgIpc) is 2.47. The van der Waals surface area contributed by atoms with E-state index < -0.39 is 0 Å². The normalized spacial score (nSPS) is 23.6. The monoisotopic (exact) mass is 246 g/mol. The molecule has 4 heteroatoms. The molecule has 1 atom stereocenters. The molecule has 1 fully saturated rings. The Labute approximate surface area is 107 Å². The number of carbonyl (C=O) groups is 1. The fourth-order valence-corrected chi connectivity index (χ4v) is 2.64. The van der Waals surface area contributed by atoms with Crippen LogP contribution in [0.5, 0.6) is 0 Å². The van der Waals surface area contributed by atoms with Crippen molar-refractivity contribution in [1.82, 2.24) is 10.4 Å². The standard InChI is InChI=1S/C14H18N2O2/c17-14(16-9-3-4-10-18-16)13-12-6-2-1-5-11(12)7-8-15-13/h1-2,5-6,13,15H,3-4,7-10H2. The summed E-state index contributed by atoms with van der Waals surface area (Å²) in [4.78, 5) is 17.9. The zero-order valence-corrected chi connectivity index (χ0v) is 10.4. The molecule has 0 saturated carbocycles. The number of rotatable bonds is 1. The lowest BCUT2D eigenvalue weighted by molar-refractivity contribution is -0.199. The van der Waals surface area contributed by atoms with Crippen LogP contribution in [0.3, 0.4) is 0 Å². The highest BCUT2D eigenvalue weighted by Gasteiger charge is 2.30. The maximum atomic E-state index is 12.5. The van der Waals surface area contributed by atoms with Crippen molar-refractivity contribution < 1.29 is 9.63 Å². The van der Waals surface area contributed by atoms with Crippen molar-refractivity contribution in [2.75, 3.05) is 19.7 Å². The predicted molar refractivity (Wildman–Crippen MR) is 67.8 cm³/mol. The summed E-state index contributed by atoms with van der Waals surface area (Å²) < 4.78 is 0. The molecule has 3 rings (SSSR count). The smallest absolute Gasteiger partial charge is 0.267 e. The molecule has 4 nitrogen and oxygen atoms in total. The summed E-state index contributed by atoms with van der Waals surface area (Å²) in [6.45, 7) is 2.21. The molecule has 0 aromatic heterocycles. The van der Waals surface area contributed by atoms with Crippen LogP contribution < -0.4 is 5.32 Å². The van der Waals surface area contributed by atoms with E-state index in [0.717, 1.165) is 31.4 Å². The minimum absolute atomic E-state index is 0.0434. The topological polar surface area (TPSA) is 41.6 Å². The number of carbonyl (C=O) groups excluding carboxylic acids is 1. The van der Waals surface area contributed by atoms with Crippen LogP contribution in [0.15, 0.2) is 24.3 Å². The largest absolute Gasteiger partial charge is 0.302 e. The van der Waals surface area contributed by atoms with Crippen LogP contribution in [0.4, 0.5) is 0 Å². The van der Waals surface area contributed by atoms with E-state index in [1.807, 2.05) is 18.2 Å². The van der Waals surface area contributed by atoms with Crippen molar-refractivity contribution >= 4 is 5.91 Å². The van der Waals surface area contributed by atoms with Crippen molar-refractivity contribution in [3.8, 4) is 0 Å². The van der Waals surface area contributed by atoms with Crippen molar-refractivity contribution in [1.29, 1.82) is 0 Å². The van der Waals surface area contributed by atoms with Gasteiger partial charge in [-0.15, -0.1) is 0 Å². The van der Waals surface area contributed by atoms with E-state index in [9.17, 15) is 4.79 Å². The number of benzene rings is 1. The minimum atomic E-state index is -0.243. The zero-order chi connectivity index (χ0) is 12.4. The van der Waals surface area contributed by atoms with Crippen LogP contribution in [0.2, 0.25) is 0 Å². The maximum absolute atomic E-state index is 12.5. The number of hydrogen-bond donors (Lipinski definition) is 1. The summed E-state index contributed by atoms with van der Waals surface area (Å²) in [6, 6.07) is 7.92. The molecule has 1 amide bonds. The van der Waals surface area contributed by atoms with E-state index in [1.54, 1.807) is 0 Å². The van der Waals surface area contributed by atoms with Crippen molar-refractivity contribution in [3.05, 3.63) is 35.4 Å². The SMILES string of the molecule is O=C(C1NCCc2ccccc21)N1CCCCO1. The summed E-state index contributed by atoms with van der Waals surface area (Å²) in [6.07, 6.45) is 3.05. The van der Waals surface area contributed by atoms with Gasteiger partial charge >= 0.3 is 0 Å². The van der Waals surface area contributed by atoms with Gasteiger partial charge in [0, 0.05) is 13.1 Å². The molecule has 1 aromatic carbocycles. The van der Waals surface area contributed by atoms with Crippen LogP contribution in [-0.2, 0) is 16.1 Å². The van der Waals surface area contributed by atoms with Gasteiger partial charge in [0.2, 0.25) is 0 Å². The zero-order valence-electron chi connectivity index (χ0n) is 10.4. The Balaban J connectivity index is 1.82. The highest BCUT2D eigenvalue weighted by molar-refractivity contribution is 5.83. The summed E-state index contributed by atoms with van der Waals surface area (Å²) in [5.41, 5.74) is 2.37. The molecule has 1 unspecified atom stereocenters. The molecule has 0 radical (unpaired) electrons. The Bertz CT molecular complexity index is 441. The Morgan fingerprint density at radius 2 is 2.22 bits per heavy atom. The summed E-state index contributed by atoms with van der Waals surface area (Å²) >= 11 is 0. The fourth-order valence-electron chi connectivity index (χ4n) is 2.64. The second kappa shape index (κ2) is 5.08. The maximum Gasteiger partial charge on any atom is 0.267 e. The quantitative estimate of drug-likeness (QED) is 0.815. The van der Waals surface area contributed by atoms with E-state index in [0.29, 0.717) is 13.2 Å². The van der Waals surface area contributed by atoms with Gasteiger partial charge in [0.15, 0.2) is 0 Å². The number of hydrogen-bond acceptors (Lipinski definition) is 3. The van der Waals surface area contributed by atoms with Crippen LogP contribution in [-0.4, -0.2) is 30.7 Å². The second-order valence-corrected chi connectivity index (χ2v) is 4.82. The molecule has 2 aliphatic rings.